The number of fused-ring (bicyclic) bond motifs is 1. The van der Waals surface area contributed by atoms with Crippen LogP contribution in [0.25, 0.3) is 39.2 Å². The first-order valence-corrected chi connectivity index (χ1v) is 11.7. The number of aromatic nitrogens is 5. The van der Waals surface area contributed by atoms with E-state index in [1.165, 1.54) is 10.8 Å². The number of benzene rings is 3. The van der Waals surface area contributed by atoms with Crippen LogP contribution in [0.1, 0.15) is 0 Å². The fourth-order valence-electron chi connectivity index (χ4n) is 4.36. The minimum atomic E-state index is -0.244. The molecule has 0 aliphatic heterocycles. The Morgan fingerprint density at radius 2 is 1.49 bits per heavy atom. The number of aromatic amines is 1. The average Bonchev–Trinajstić information content (AvgIpc) is 3.35. The predicted octanol–water partition coefficient (Wildman–Crippen LogP) is 5.57. The molecule has 0 unspecified atom stereocenters. The van der Waals surface area contributed by atoms with Crippen molar-refractivity contribution in [3.05, 3.63) is 114 Å². The highest BCUT2D eigenvalue weighted by atomic mass is 16.5. The molecular weight excluding hydrogens is 464 g/mol. The van der Waals surface area contributed by atoms with Gasteiger partial charge >= 0.3 is 0 Å². The Morgan fingerprint density at radius 3 is 2.14 bits per heavy atom. The zero-order valence-corrected chi connectivity index (χ0v) is 19.9. The molecule has 0 aliphatic rings. The molecule has 8 heteroatoms. The van der Waals surface area contributed by atoms with Gasteiger partial charge in [-0.3, -0.25) is 9.89 Å². The molecular formula is C29H22N6O2. The normalized spacial score (nSPS) is 10.9. The van der Waals surface area contributed by atoms with Crippen LogP contribution in [-0.4, -0.2) is 31.7 Å². The molecule has 8 nitrogen and oxygen atoms in total. The lowest BCUT2D eigenvalue weighted by Crippen LogP contribution is -2.19. The van der Waals surface area contributed by atoms with Crippen molar-refractivity contribution >= 4 is 17.3 Å². The zero-order chi connectivity index (χ0) is 25.2. The quantitative estimate of drug-likeness (QED) is 0.320. The molecule has 0 amide bonds. The third-order valence-electron chi connectivity index (χ3n) is 6.11. The van der Waals surface area contributed by atoms with Gasteiger partial charge in [-0.1, -0.05) is 72.8 Å². The standard InChI is InChI=1S/C29H22N6O2/c1-37-22-14-12-20(13-15-22)25-27(32-23-16-17-30-18-31-23)33-28-24(19-8-4-2-5-9-19)26(34-35(28)29(25)36)21-10-6-3-7-11-21/h2-18,34H,1H3,(H,30,31,32). The summed E-state index contributed by atoms with van der Waals surface area (Å²) < 4.78 is 6.82. The van der Waals surface area contributed by atoms with Crippen LogP contribution in [-0.2, 0) is 0 Å². The second-order valence-electron chi connectivity index (χ2n) is 8.34. The Kier molecular flexibility index (Phi) is 5.67. The van der Waals surface area contributed by atoms with E-state index < -0.39 is 0 Å². The molecule has 0 spiro atoms. The highest BCUT2D eigenvalue weighted by Crippen LogP contribution is 2.36. The fourth-order valence-corrected chi connectivity index (χ4v) is 4.36. The van der Waals surface area contributed by atoms with Crippen molar-refractivity contribution in [3.8, 4) is 39.3 Å². The van der Waals surface area contributed by atoms with Crippen LogP contribution in [0.4, 0.5) is 11.6 Å². The molecule has 0 radical (unpaired) electrons. The molecule has 3 aromatic carbocycles. The van der Waals surface area contributed by atoms with Gasteiger partial charge in [0.1, 0.15) is 23.7 Å². The van der Waals surface area contributed by atoms with Crippen LogP contribution in [0.5, 0.6) is 5.75 Å². The van der Waals surface area contributed by atoms with Gasteiger partial charge in [0.05, 0.1) is 23.9 Å². The lowest BCUT2D eigenvalue weighted by Gasteiger charge is -2.12. The van der Waals surface area contributed by atoms with Crippen molar-refractivity contribution in [1.82, 2.24) is 24.6 Å². The molecule has 0 aliphatic carbocycles. The number of hydrogen-bond acceptors (Lipinski definition) is 6. The van der Waals surface area contributed by atoms with Crippen molar-refractivity contribution in [1.29, 1.82) is 0 Å². The van der Waals surface area contributed by atoms with Crippen LogP contribution < -0.4 is 15.6 Å². The molecule has 0 fully saturated rings. The van der Waals surface area contributed by atoms with Crippen molar-refractivity contribution < 1.29 is 4.74 Å². The summed E-state index contributed by atoms with van der Waals surface area (Å²) in [5.41, 5.74) is 4.88. The van der Waals surface area contributed by atoms with Gasteiger partial charge in [0.15, 0.2) is 5.65 Å². The predicted molar refractivity (Wildman–Crippen MR) is 144 cm³/mol. The molecule has 0 saturated heterocycles. The number of ether oxygens (including phenoxy) is 1. The largest absolute Gasteiger partial charge is 0.497 e. The van der Waals surface area contributed by atoms with Crippen LogP contribution in [0.15, 0.2) is 108 Å². The van der Waals surface area contributed by atoms with Gasteiger partial charge in [-0.2, -0.15) is 4.52 Å². The van der Waals surface area contributed by atoms with E-state index in [0.29, 0.717) is 34.2 Å². The van der Waals surface area contributed by atoms with Gasteiger partial charge in [-0.25, -0.2) is 15.0 Å². The molecule has 3 aromatic heterocycles. The highest BCUT2D eigenvalue weighted by Gasteiger charge is 2.23. The fraction of sp³-hybridized carbons (Fsp3) is 0.0345. The first-order chi connectivity index (χ1) is 18.2. The summed E-state index contributed by atoms with van der Waals surface area (Å²) >= 11 is 0. The van der Waals surface area contributed by atoms with Gasteiger partial charge in [0, 0.05) is 11.8 Å². The van der Waals surface area contributed by atoms with E-state index >= 15 is 0 Å². The number of rotatable bonds is 6. The van der Waals surface area contributed by atoms with Crippen molar-refractivity contribution in [2.24, 2.45) is 0 Å². The smallest absolute Gasteiger partial charge is 0.282 e. The van der Waals surface area contributed by atoms with Crippen molar-refractivity contribution in [2.45, 2.75) is 0 Å². The molecule has 3 heterocycles. The summed E-state index contributed by atoms with van der Waals surface area (Å²) in [5, 5.41) is 6.57. The SMILES string of the molecule is COc1ccc(-c2c(Nc3ccncn3)nc3c(-c4ccccc4)c(-c4ccccc4)[nH]n3c2=O)cc1. The topological polar surface area (TPSA) is 97.2 Å². The Morgan fingerprint density at radius 1 is 0.811 bits per heavy atom. The number of hydrogen-bond donors (Lipinski definition) is 2. The second kappa shape index (κ2) is 9.43. The summed E-state index contributed by atoms with van der Waals surface area (Å²) in [5.74, 6) is 1.62. The van der Waals surface area contributed by atoms with Gasteiger partial charge in [-0.15, -0.1) is 0 Å². The minimum absolute atomic E-state index is 0.244. The van der Waals surface area contributed by atoms with E-state index in [1.807, 2.05) is 84.9 Å². The summed E-state index contributed by atoms with van der Waals surface area (Å²) in [6.07, 6.45) is 3.08. The van der Waals surface area contributed by atoms with Gasteiger partial charge in [-0.05, 0) is 29.3 Å². The van der Waals surface area contributed by atoms with Crippen LogP contribution in [0, 0.1) is 0 Å². The number of methoxy groups -OCH3 is 1. The number of nitrogens with one attached hydrogen (secondary N) is 2. The maximum atomic E-state index is 14.1. The molecule has 6 rings (SSSR count). The Hall–Kier alpha value is -5.24. The molecule has 180 valence electrons. The first-order valence-electron chi connectivity index (χ1n) is 11.7. The minimum Gasteiger partial charge on any atom is -0.497 e. The second-order valence-corrected chi connectivity index (χ2v) is 8.34. The molecule has 6 aromatic rings. The maximum absolute atomic E-state index is 14.1. The third kappa shape index (κ3) is 4.10. The Bertz CT molecular complexity index is 1730. The van der Waals surface area contributed by atoms with Crippen LogP contribution >= 0.6 is 0 Å². The van der Waals surface area contributed by atoms with Crippen molar-refractivity contribution in [2.75, 3.05) is 12.4 Å². The monoisotopic (exact) mass is 486 g/mol. The zero-order valence-electron chi connectivity index (χ0n) is 19.9. The number of anilines is 2. The molecule has 2 N–H and O–H groups in total. The summed E-state index contributed by atoms with van der Waals surface area (Å²) in [6, 6.07) is 28.9. The maximum Gasteiger partial charge on any atom is 0.282 e. The van der Waals surface area contributed by atoms with Gasteiger partial charge in [0.2, 0.25) is 0 Å². The van der Waals surface area contributed by atoms with E-state index in [-0.39, 0.29) is 5.56 Å². The summed E-state index contributed by atoms with van der Waals surface area (Å²) in [4.78, 5) is 27.4. The molecule has 0 saturated carbocycles. The Labute approximate surface area is 212 Å². The number of nitrogens with zero attached hydrogens (tertiary/aromatic N) is 4. The molecule has 0 bridgehead atoms. The number of H-pyrrole nitrogens is 1. The lowest BCUT2D eigenvalue weighted by atomic mass is 10.0. The van der Waals surface area contributed by atoms with Gasteiger partial charge in [0.25, 0.3) is 5.56 Å². The van der Waals surface area contributed by atoms with E-state index in [0.717, 1.165) is 22.4 Å². The van der Waals surface area contributed by atoms with Gasteiger partial charge < -0.3 is 10.1 Å². The Balaban J connectivity index is 1.67. The summed E-state index contributed by atoms with van der Waals surface area (Å²) in [6.45, 7) is 0. The van der Waals surface area contributed by atoms with E-state index in [1.54, 1.807) is 19.4 Å². The van der Waals surface area contributed by atoms with E-state index in [2.05, 4.69) is 20.4 Å². The average molecular weight is 487 g/mol. The lowest BCUT2D eigenvalue weighted by molar-refractivity contribution is 0.415. The van der Waals surface area contributed by atoms with Crippen LogP contribution in [0.3, 0.4) is 0 Å². The molecule has 0 atom stereocenters. The van der Waals surface area contributed by atoms with E-state index in [9.17, 15) is 4.79 Å². The third-order valence-corrected chi connectivity index (χ3v) is 6.11. The first kappa shape index (κ1) is 22.2. The van der Waals surface area contributed by atoms with E-state index in [4.69, 9.17) is 9.72 Å². The molecule has 37 heavy (non-hydrogen) atoms. The highest BCUT2D eigenvalue weighted by molar-refractivity contribution is 5.92. The summed E-state index contributed by atoms with van der Waals surface area (Å²) in [7, 11) is 1.61. The van der Waals surface area contributed by atoms with Crippen LogP contribution in [0.2, 0.25) is 0 Å². The van der Waals surface area contributed by atoms with Crippen molar-refractivity contribution in [3.63, 3.8) is 0 Å².